The number of nitrogens with two attached hydrogens (primary N) is 1. The highest BCUT2D eigenvalue weighted by atomic mass is 35.5. The molecular weight excluding hydrogens is 460 g/mol. The number of ether oxygens (including phenoxy) is 3. The number of halogens is 1. The molecule has 1 heterocycles. The summed E-state index contributed by atoms with van der Waals surface area (Å²) >= 11 is 6.35. The van der Waals surface area contributed by atoms with Crippen LogP contribution in [0.5, 0.6) is 17.2 Å². The van der Waals surface area contributed by atoms with Gasteiger partial charge < -0.3 is 30.6 Å². The van der Waals surface area contributed by atoms with E-state index in [0.29, 0.717) is 52.1 Å². The second kappa shape index (κ2) is 10.6. The van der Waals surface area contributed by atoms with Gasteiger partial charge in [-0.2, -0.15) is 0 Å². The van der Waals surface area contributed by atoms with E-state index in [0.717, 1.165) is 12.8 Å². The lowest BCUT2D eigenvalue weighted by molar-refractivity contribution is 0.0979. The third-order valence-corrected chi connectivity index (χ3v) is 5.40. The van der Waals surface area contributed by atoms with Crippen LogP contribution in [0.3, 0.4) is 0 Å². The number of carbonyl (C=O) groups excluding carboxylic acids is 2. The first-order valence-corrected chi connectivity index (χ1v) is 11.3. The van der Waals surface area contributed by atoms with Crippen LogP contribution in [0.25, 0.3) is 10.9 Å². The molecule has 4 rings (SSSR count). The number of amides is 3. The Bertz CT molecular complexity index is 1220. The number of rotatable bonds is 10. The molecule has 1 aromatic heterocycles. The van der Waals surface area contributed by atoms with Crippen LogP contribution in [0, 0.1) is 0 Å². The zero-order valence-electron chi connectivity index (χ0n) is 18.6. The quantitative estimate of drug-likeness (QED) is 0.364. The molecule has 4 N–H and O–H groups in total. The summed E-state index contributed by atoms with van der Waals surface area (Å²) in [7, 11) is 0. The van der Waals surface area contributed by atoms with Gasteiger partial charge in [0.15, 0.2) is 0 Å². The van der Waals surface area contributed by atoms with Crippen LogP contribution >= 0.6 is 11.6 Å². The Hall–Kier alpha value is -3.56. The monoisotopic (exact) mass is 484 g/mol. The van der Waals surface area contributed by atoms with E-state index in [4.69, 9.17) is 31.5 Å². The maximum atomic E-state index is 12.1. The minimum Gasteiger partial charge on any atom is -0.490 e. The van der Waals surface area contributed by atoms with Crippen molar-refractivity contribution in [3.63, 3.8) is 0 Å². The van der Waals surface area contributed by atoms with Crippen molar-refractivity contribution >= 4 is 40.1 Å². The molecule has 0 radical (unpaired) electrons. The summed E-state index contributed by atoms with van der Waals surface area (Å²) in [6.07, 6.45) is 3.57. The zero-order valence-corrected chi connectivity index (χ0v) is 19.4. The van der Waals surface area contributed by atoms with Crippen LogP contribution in [0.1, 0.15) is 30.1 Å². The highest BCUT2D eigenvalue weighted by molar-refractivity contribution is 6.33. The zero-order chi connectivity index (χ0) is 24.1. The largest absolute Gasteiger partial charge is 0.490 e. The lowest BCUT2D eigenvalue weighted by Gasteiger charge is -2.14. The maximum absolute atomic E-state index is 12.1. The lowest BCUT2D eigenvalue weighted by Crippen LogP contribution is -2.30. The topological polar surface area (TPSA) is 125 Å². The fourth-order valence-corrected chi connectivity index (χ4v) is 3.48. The Kier molecular flexibility index (Phi) is 7.34. The van der Waals surface area contributed by atoms with Gasteiger partial charge in [0.1, 0.15) is 23.9 Å². The van der Waals surface area contributed by atoms with Crippen molar-refractivity contribution in [2.75, 3.05) is 25.1 Å². The fraction of sp³-hybridized carbons (Fsp3) is 0.292. The summed E-state index contributed by atoms with van der Waals surface area (Å²) in [6.45, 7) is 3.12. The number of hydrogen-bond donors (Lipinski definition) is 3. The first-order chi connectivity index (χ1) is 16.4. The van der Waals surface area contributed by atoms with E-state index in [1.165, 1.54) is 0 Å². The molecule has 0 saturated heterocycles. The number of pyridine rings is 1. The number of benzene rings is 2. The summed E-state index contributed by atoms with van der Waals surface area (Å²) in [4.78, 5) is 28.4. The van der Waals surface area contributed by atoms with Crippen LogP contribution in [0.2, 0.25) is 5.02 Å². The molecular formula is C24H25ClN4O5. The van der Waals surface area contributed by atoms with Gasteiger partial charge in [0.2, 0.25) is 0 Å². The second-order valence-corrected chi connectivity index (χ2v) is 8.11. The highest BCUT2D eigenvalue weighted by Crippen LogP contribution is 2.35. The van der Waals surface area contributed by atoms with Gasteiger partial charge in [0.05, 0.1) is 28.4 Å². The van der Waals surface area contributed by atoms with E-state index >= 15 is 0 Å². The molecule has 3 amide bonds. The average molecular weight is 485 g/mol. The number of nitrogens with zero attached hydrogens (tertiary/aromatic N) is 1. The molecule has 9 nitrogen and oxygen atoms in total. The van der Waals surface area contributed by atoms with Crippen molar-refractivity contribution in [1.29, 1.82) is 0 Å². The van der Waals surface area contributed by atoms with E-state index < -0.39 is 5.91 Å². The number of aromatic nitrogens is 1. The van der Waals surface area contributed by atoms with Gasteiger partial charge >= 0.3 is 6.03 Å². The Morgan fingerprint density at radius 3 is 2.68 bits per heavy atom. The van der Waals surface area contributed by atoms with Crippen LogP contribution in [0.4, 0.5) is 10.5 Å². The predicted octanol–water partition coefficient (Wildman–Crippen LogP) is 4.48. The molecule has 34 heavy (non-hydrogen) atoms. The molecule has 2 aromatic carbocycles. The Balaban J connectivity index is 1.55. The van der Waals surface area contributed by atoms with E-state index in [1.54, 1.807) is 42.6 Å². The number of anilines is 1. The molecule has 0 aliphatic heterocycles. The number of carbonyl (C=O) groups is 2. The molecule has 0 atom stereocenters. The Morgan fingerprint density at radius 2 is 1.97 bits per heavy atom. The predicted molar refractivity (Wildman–Crippen MR) is 129 cm³/mol. The summed E-state index contributed by atoms with van der Waals surface area (Å²) in [5, 5.41) is 6.47. The molecule has 1 aliphatic rings. The minimum absolute atomic E-state index is 0.209. The van der Waals surface area contributed by atoms with Gasteiger partial charge in [-0.05, 0) is 44.0 Å². The van der Waals surface area contributed by atoms with Crippen LogP contribution < -0.4 is 25.8 Å². The summed E-state index contributed by atoms with van der Waals surface area (Å²) in [5.41, 5.74) is 6.82. The number of primary amides is 1. The van der Waals surface area contributed by atoms with E-state index in [1.807, 2.05) is 6.92 Å². The molecule has 1 saturated carbocycles. The molecule has 178 valence electrons. The van der Waals surface area contributed by atoms with Crippen molar-refractivity contribution in [1.82, 2.24) is 10.3 Å². The lowest BCUT2D eigenvalue weighted by atomic mass is 10.1. The van der Waals surface area contributed by atoms with Crippen LogP contribution in [-0.4, -0.2) is 42.8 Å². The third-order valence-electron chi connectivity index (χ3n) is 5.09. The standard InChI is InChI=1S/C24H25ClN4O5/c1-2-32-9-10-33-22-13-20-16(12-17(22)23(26)30)21(7-8-27-20)34-15-5-6-19(18(25)11-15)29-24(31)28-14-3-4-14/h5-8,11-14H,2-4,9-10H2,1H3,(H2,26,30)(H2,28,29,31). The maximum Gasteiger partial charge on any atom is 0.319 e. The molecule has 1 fully saturated rings. The van der Waals surface area contributed by atoms with Gasteiger partial charge in [0, 0.05) is 36.4 Å². The second-order valence-electron chi connectivity index (χ2n) is 7.70. The van der Waals surface area contributed by atoms with Gasteiger partial charge in [-0.1, -0.05) is 11.6 Å². The molecule has 1 aliphatic carbocycles. The molecule has 0 unspecified atom stereocenters. The minimum atomic E-state index is -0.633. The first kappa shape index (κ1) is 23.6. The van der Waals surface area contributed by atoms with E-state index in [2.05, 4.69) is 15.6 Å². The summed E-state index contributed by atoms with van der Waals surface area (Å²) < 4.78 is 17.0. The number of urea groups is 1. The van der Waals surface area contributed by atoms with Crippen molar-refractivity contribution < 1.29 is 23.8 Å². The van der Waals surface area contributed by atoms with Crippen LogP contribution in [-0.2, 0) is 4.74 Å². The van der Waals surface area contributed by atoms with Crippen molar-refractivity contribution in [2.45, 2.75) is 25.8 Å². The number of fused-ring (bicyclic) bond motifs is 1. The Morgan fingerprint density at radius 1 is 1.15 bits per heavy atom. The van der Waals surface area contributed by atoms with E-state index in [9.17, 15) is 9.59 Å². The average Bonchev–Trinajstić information content (AvgIpc) is 3.62. The molecule has 10 heteroatoms. The number of nitrogens with one attached hydrogen (secondary N) is 2. The SMILES string of the molecule is CCOCCOc1cc2nccc(Oc3ccc(NC(=O)NC4CC4)c(Cl)c3)c2cc1C(N)=O. The van der Waals surface area contributed by atoms with Crippen molar-refractivity contribution in [3.05, 3.63) is 53.2 Å². The Labute approximate surface area is 201 Å². The van der Waals surface area contributed by atoms with Gasteiger partial charge in [-0.25, -0.2) is 4.79 Å². The summed E-state index contributed by atoms with van der Waals surface area (Å²) in [6, 6.07) is 9.80. The van der Waals surface area contributed by atoms with Gasteiger partial charge in [-0.15, -0.1) is 0 Å². The van der Waals surface area contributed by atoms with Gasteiger partial charge in [-0.3, -0.25) is 9.78 Å². The molecule has 3 aromatic rings. The smallest absolute Gasteiger partial charge is 0.319 e. The van der Waals surface area contributed by atoms with Crippen molar-refractivity contribution in [3.8, 4) is 17.2 Å². The van der Waals surface area contributed by atoms with Gasteiger partial charge in [0.25, 0.3) is 5.91 Å². The van der Waals surface area contributed by atoms with Crippen LogP contribution in [0.15, 0.2) is 42.6 Å². The molecule has 0 bridgehead atoms. The number of hydrogen-bond acceptors (Lipinski definition) is 6. The van der Waals surface area contributed by atoms with Crippen molar-refractivity contribution in [2.24, 2.45) is 5.73 Å². The molecule has 0 spiro atoms. The fourth-order valence-electron chi connectivity index (χ4n) is 3.26. The van der Waals surface area contributed by atoms with E-state index in [-0.39, 0.29) is 24.2 Å². The normalized spacial score (nSPS) is 12.9. The summed E-state index contributed by atoms with van der Waals surface area (Å²) in [5.74, 6) is 0.596. The third kappa shape index (κ3) is 5.86. The highest BCUT2D eigenvalue weighted by Gasteiger charge is 2.23. The first-order valence-electron chi connectivity index (χ1n) is 10.9.